The quantitative estimate of drug-likeness (QED) is 0.743. The summed E-state index contributed by atoms with van der Waals surface area (Å²) in [4.78, 5) is 11.6. The van der Waals surface area contributed by atoms with E-state index in [-0.39, 0.29) is 17.3 Å². The maximum atomic E-state index is 12.8. The van der Waals surface area contributed by atoms with Crippen molar-refractivity contribution in [2.24, 2.45) is 0 Å². The summed E-state index contributed by atoms with van der Waals surface area (Å²) in [6, 6.07) is 8.16. The van der Waals surface area contributed by atoms with Gasteiger partial charge in [-0.2, -0.15) is 4.52 Å². The van der Waals surface area contributed by atoms with E-state index < -0.39 is 12.2 Å². The molecule has 2 aromatic heterocycles. The van der Waals surface area contributed by atoms with Gasteiger partial charge in [0, 0.05) is 18.1 Å². The number of carbonyl (C=O) groups is 1. The molecule has 0 amide bonds. The highest BCUT2D eigenvalue weighted by Gasteiger charge is 2.20. The molecule has 4 rings (SSSR count). The van der Waals surface area contributed by atoms with Crippen molar-refractivity contribution in [3.8, 4) is 11.6 Å². The molecule has 0 saturated carbocycles. The van der Waals surface area contributed by atoms with Gasteiger partial charge >= 0.3 is 0 Å². The summed E-state index contributed by atoms with van der Waals surface area (Å²) in [7, 11) is 0. The summed E-state index contributed by atoms with van der Waals surface area (Å²) in [5.41, 5.74) is 1.85. The average molecular weight is 316 g/mol. The van der Waals surface area contributed by atoms with Crippen molar-refractivity contribution in [2.45, 2.75) is 19.3 Å². The normalized spacial score (nSPS) is 13.8. The van der Waals surface area contributed by atoms with Crippen LogP contribution in [0.15, 0.2) is 30.3 Å². The number of aryl methyl sites for hydroxylation is 1. The molecule has 0 fully saturated rings. The van der Waals surface area contributed by atoms with Crippen molar-refractivity contribution in [3.05, 3.63) is 47.3 Å². The molecule has 0 unspecified atom stereocenters. The second-order valence-electron chi connectivity index (χ2n) is 5.14. The SMILES string of the molecule is O=C1CCc2cc(Oc3ccc4nnc(C(F)F)n4n3)ccc21. The molecule has 0 aliphatic heterocycles. The third-order valence-corrected chi connectivity index (χ3v) is 3.68. The van der Waals surface area contributed by atoms with Gasteiger partial charge < -0.3 is 4.74 Å². The standard InChI is InChI=1S/C15H10F2N4O2/c16-14(17)15-19-18-12-5-6-13(20-21(12)15)23-9-2-3-10-8(7-9)1-4-11(10)22/h2-3,5-7,14H,1,4H2. The number of carbonyl (C=O) groups excluding carboxylic acids is 1. The predicted octanol–water partition coefficient (Wildman–Crippen LogP) is 2.98. The molecule has 0 atom stereocenters. The van der Waals surface area contributed by atoms with Crippen molar-refractivity contribution in [1.82, 2.24) is 19.8 Å². The highest BCUT2D eigenvalue weighted by atomic mass is 19.3. The molecule has 1 aliphatic rings. The molecule has 3 aromatic rings. The summed E-state index contributed by atoms with van der Waals surface area (Å²) in [5.74, 6) is 0.225. The molecule has 0 spiro atoms. The first kappa shape index (κ1) is 13.7. The van der Waals surface area contributed by atoms with Crippen LogP contribution in [0.1, 0.15) is 34.6 Å². The van der Waals surface area contributed by atoms with Crippen molar-refractivity contribution in [1.29, 1.82) is 0 Å². The van der Waals surface area contributed by atoms with E-state index in [4.69, 9.17) is 4.74 Å². The molecule has 23 heavy (non-hydrogen) atoms. The molecule has 116 valence electrons. The summed E-state index contributed by atoms with van der Waals surface area (Å²) >= 11 is 0. The Hall–Kier alpha value is -2.90. The molecule has 0 bridgehead atoms. The maximum absolute atomic E-state index is 12.8. The van der Waals surface area contributed by atoms with E-state index in [2.05, 4.69) is 15.3 Å². The minimum Gasteiger partial charge on any atom is -0.438 e. The fraction of sp³-hybridized carbons (Fsp3) is 0.200. The molecule has 0 N–H and O–H groups in total. The summed E-state index contributed by atoms with van der Waals surface area (Å²) in [6.45, 7) is 0. The van der Waals surface area contributed by atoms with Crippen LogP contribution in [-0.4, -0.2) is 25.6 Å². The molecule has 0 saturated heterocycles. The number of ketones is 1. The third kappa shape index (κ3) is 2.32. The van der Waals surface area contributed by atoms with E-state index in [0.717, 1.165) is 10.1 Å². The van der Waals surface area contributed by atoms with Gasteiger partial charge in [0.25, 0.3) is 6.43 Å². The zero-order valence-electron chi connectivity index (χ0n) is 11.7. The van der Waals surface area contributed by atoms with Crippen LogP contribution in [0.2, 0.25) is 0 Å². The Bertz CT molecular complexity index is 923. The maximum Gasteiger partial charge on any atom is 0.299 e. The van der Waals surface area contributed by atoms with Crippen molar-refractivity contribution in [2.75, 3.05) is 0 Å². The van der Waals surface area contributed by atoms with Crippen molar-refractivity contribution in [3.63, 3.8) is 0 Å². The number of nitrogens with zero attached hydrogens (tertiary/aromatic N) is 4. The van der Waals surface area contributed by atoms with Crippen LogP contribution in [0.5, 0.6) is 11.6 Å². The molecular formula is C15H10F2N4O2. The molecule has 1 aliphatic carbocycles. The van der Waals surface area contributed by atoms with Crippen LogP contribution >= 0.6 is 0 Å². The molecule has 8 heteroatoms. The first-order valence-electron chi connectivity index (χ1n) is 6.96. The summed E-state index contributed by atoms with van der Waals surface area (Å²) in [5, 5.41) is 11.0. The minimum absolute atomic E-state index is 0.122. The van der Waals surface area contributed by atoms with E-state index >= 15 is 0 Å². The van der Waals surface area contributed by atoms with Gasteiger partial charge in [-0.3, -0.25) is 4.79 Å². The van der Waals surface area contributed by atoms with Crippen molar-refractivity contribution < 1.29 is 18.3 Å². The number of fused-ring (bicyclic) bond motifs is 2. The Morgan fingerprint density at radius 3 is 2.83 bits per heavy atom. The first-order chi connectivity index (χ1) is 11.1. The Morgan fingerprint density at radius 2 is 2.00 bits per heavy atom. The number of aromatic nitrogens is 4. The Morgan fingerprint density at radius 1 is 1.13 bits per heavy atom. The van der Waals surface area contributed by atoms with E-state index in [0.29, 0.717) is 24.2 Å². The molecular weight excluding hydrogens is 306 g/mol. The number of halogens is 2. The number of rotatable bonds is 3. The number of Topliss-reactive ketones (excluding diaryl/α,β-unsaturated/α-hetero) is 1. The fourth-order valence-electron chi connectivity index (χ4n) is 2.60. The largest absolute Gasteiger partial charge is 0.438 e. The van der Waals surface area contributed by atoms with Gasteiger partial charge in [-0.25, -0.2) is 8.78 Å². The number of hydrogen-bond acceptors (Lipinski definition) is 5. The average Bonchev–Trinajstić information content (AvgIpc) is 3.11. The zero-order valence-corrected chi connectivity index (χ0v) is 11.7. The summed E-state index contributed by atoms with van der Waals surface area (Å²) < 4.78 is 32.2. The summed E-state index contributed by atoms with van der Waals surface area (Å²) in [6.07, 6.45) is -1.60. The van der Waals surface area contributed by atoms with Crippen LogP contribution in [0.3, 0.4) is 0 Å². The molecule has 1 aromatic carbocycles. The second kappa shape index (κ2) is 5.08. The molecule has 0 radical (unpaired) electrons. The topological polar surface area (TPSA) is 69.4 Å². The molecule has 2 heterocycles. The lowest BCUT2D eigenvalue weighted by atomic mass is 10.1. The van der Waals surface area contributed by atoms with E-state index in [1.807, 2.05) is 0 Å². The Balaban J connectivity index is 1.67. The van der Waals surface area contributed by atoms with Gasteiger partial charge in [-0.1, -0.05) is 0 Å². The van der Waals surface area contributed by atoms with Gasteiger partial charge in [-0.15, -0.1) is 15.3 Å². The van der Waals surface area contributed by atoms with Crippen LogP contribution < -0.4 is 4.74 Å². The van der Waals surface area contributed by atoms with E-state index in [1.54, 1.807) is 18.2 Å². The van der Waals surface area contributed by atoms with E-state index in [9.17, 15) is 13.6 Å². The zero-order chi connectivity index (χ0) is 16.0. The third-order valence-electron chi connectivity index (χ3n) is 3.68. The smallest absolute Gasteiger partial charge is 0.299 e. The fourth-order valence-corrected chi connectivity index (χ4v) is 2.60. The second-order valence-corrected chi connectivity index (χ2v) is 5.14. The van der Waals surface area contributed by atoms with Gasteiger partial charge in [-0.05, 0) is 36.2 Å². The number of alkyl halides is 2. The van der Waals surface area contributed by atoms with Gasteiger partial charge in [0.15, 0.2) is 11.4 Å². The van der Waals surface area contributed by atoms with Crippen LogP contribution in [0, 0.1) is 0 Å². The van der Waals surface area contributed by atoms with Crippen molar-refractivity contribution >= 4 is 11.4 Å². The Kier molecular flexibility index (Phi) is 3.03. The Labute approximate surface area is 128 Å². The van der Waals surface area contributed by atoms with E-state index in [1.165, 1.54) is 12.1 Å². The number of ether oxygens (including phenoxy) is 1. The minimum atomic E-state index is -2.78. The van der Waals surface area contributed by atoms with Gasteiger partial charge in [0.2, 0.25) is 11.7 Å². The first-order valence-corrected chi connectivity index (χ1v) is 6.96. The lowest BCUT2D eigenvalue weighted by Gasteiger charge is -2.07. The lowest BCUT2D eigenvalue weighted by molar-refractivity contribution is 0.0994. The molecule has 6 nitrogen and oxygen atoms in total. The van der Waals surface area contributed by atoms with Crippen LogP contribution in [0.25, 0.3) is 5.65 Å². The number of benzene rings is 1. The highest BCUT2D eigenvalue weighted by molar-refractivity contribution is 6.00. The van der Waals surface area contributed by atoms with Crippen LogP contribution in [-0.2, 0) is 6.42 Å². The van der Waals surface area contributed by atoms with Crippen LogP contribution in [0.4, 0.5) is 8.78 Å². The number of hydrogen-bond donors (Lipinski definition) is 0. The van der Waals surface area contributed by atoms with Gasteiger partial charge in [0.1, 0.15) is 5.75 Å². The predicted molar refractivity (Wildman–Crippen MR) is 74.9 cm³/mol. The van der Waals surface area contributed by atoms with Gasteiger partial charge in [0.05, 0.1) is 0 Å². The lowest BCUT2D eigenvalue weighted by Crippen LogP contribution is -2.01. The highest BCUT2D eigenvalue weighted by Crippen LogP contribution is 2.28. The monoisotopic (exact) mass is 316 g/mol.